The van der Waals surface area contributed by atoms with E-state index < -0.39 is 0 Å². The highest BCUT2D eigenvalue weighted by atomic mass is 16.5. The van der Waals surface area contributed by atoms with Gasteiger partial charge in [0.05, 0.1) is 24.9 Å². The Labute approximate surface area is 96.4 Å². The van der Waals surface area contributed by atoms with Gasteiger partial charge in [0.15, 0.2) is 0 Å². The average molecular weight is 224 g/mol. The average Bonchev–Trinajstić information content (AvgIpc) is 2.65. The molecule has 0 radical (unpaired) electrons. The fraction of sp³-hybridized carbons (Fsp3) is 0.727. The molecular weight excluding hydrogens is 204 g/mol. The monoisotopic (exact) mass is 224 g/mol. The molecule has 1 aromatic heterocycles. The van der Waals surface area contributed by atoms with Crippen molar-refractivity contribution in [3.8, 4) is 0 Å². The number of rotatable bonds is 3. The Hall–Kier alpha value is -0.910. The Morgan fingerprint density at radius 3 is 3.00 bits per heavy atom. The quantitative estimate of drug-likeness (QED) is 0.785. The van der Waals surface area contributed by atoms with Crippen LogP contribution in [0.15, 0.2) is 12.4 Å². The third kappa shape index (κ3) is 2.26. The van der Waals surface area contributed by atoms with Crippen LogP contribution in [0.3, 0.4) is 0 Å². The molecule has 2 atom stereocenters. The van der Waals surface area contributed by atoms with Gasteiger partial charge in [0.1, 0.15) is 0 Å². The molecule has 2 heterocycles. The molecule has 0 amide bonds. The summed E-state index contributed by atoms with van der Waals surface area (Å²) < 4.78 is 7.67. The maximum absolute atomic E-state index is 5.82. The largest absolute Gasteiger partial charge is 0.374 e. The molecule has 2 rings (SSSR count). The maximum atomic E-state index is 5.82. The second kappa shape index (κ2) is 4.95. The van der Waals surface area contributed by atoms with Crippen molar-refractivity contribution >= 4 is 0 Å². The van der Waals surface area contributed by atoms with E-state index in [9.17, 15) is 0 Å². The van der Waals surface area contributed by atoms with Gasteiger partial charge < -0.3 is 10.1 Å². The van der Waals surface area contributed by atoms with E-state index in [-0.39, 0.29) is 6.10 Å². The van der Waals surface area contributed by atoms with E-state index in [1.165, 1.54) is 5.56 Å². The molecular formula is C11H20N4O. The van der Waals surface area contributed by atoms with Crippen LogP contribution in [0.4, 0.5) is 0 Å². The number of ether oxygens (including phenoxy) is 1. The topological polar surface area (TPSA) is 42.3 Å². The number of morpholine rings is 1. The van der Waals surface area contributed by atoms with Gasteiger partial charge in [0.25, 0.3) is 0 Å². The minimum Gasteiger partial charge on any atom is -0.374 e. The minimum absolute atomic E-state index is 0.202. The number of hydrogen-bond acceptors (Lipinski definition) is 4. The molecule has 0 spiro atoms. The summed E-state index contributed by atoms with van der Waals surface area (Å²) in [6.45, 7) is 2.64. The molecule has 16 heavy (non-hydrogen) atoms. The Morgan fingerprint density at radius 2 is 2.38 bits per heavy atom. The van der Waals surface area contributed by atoms with Gasteiger partial charge in [-0.05, 0) is 14.1 Å². The number of likely N-dealkylation sites (N-methyl/N-ethyl adjacent to an activating group) is 2. The van der Waals surface area contributed by atoms with Gasteiger partial charge in [0.2, 0.25) is 0 Å². The van der Waals surface area contributed by atoms with Crippen molar-refractivity contribution in [2.75, 3.05) is 33.8 Å². The summed E-state index contributed by atoms with van der Waals surface area (Å²) in [6, 6.07) is 0.301. The molecule has 5 nitrogen and oxygen atoms in total. The van der Waals surface area contributed by atoms with E-state index in [0.717, 1.165) is 19.7 Å². The zero-order valence-electron chi connectivity index (χ0n) is 10.2. The molecule has 0 aromatic carbocycles. The van der Waals surface area contributed by atoms with Crippen molar-refractivity contribution in [2.45, 2.75) is 12.1 Å². The molecule has 0 aliphatic carbocycles. The first-order valence-corrected chi connectivity index (χ1v) is 5.67. The Bertz CT molecular complexity index is 336. The van der Waals surface area contributed by atoms with Gasteiger partial charge in [-0.2, -0.15) is 5.10 Å². The van der Waals surface area contributed by atoms with Crippen LogP contribution in [0.2, 0.25) is 0 Å². The van der Waals surface area contributed by atoms with Gasteiger partial charge in [0, 0.05) is 31.9 Å². The molecule has 0 bridgehead atoms. The van der Waals surface area contributed by atoms with Gasteiger partial charge >= 0.3 is 0 Å². The van der Waals surface area contributed by atoms with Gasteiger partial charge in [-0.25, -0.2) is 0 Å². The van der Waals surface area contributed by atoms with Crippen LogP contribution in [0.25, 0.3) is 0 Å². The summed E-state index contributed by atoms with van der Waals surface area (Å²) in [7, 11) is 6.04. The Kier molecular flexibility index (Phi) is 3.58. The second-order valence-electron chi connectivity index (χ2n) is 4.34. The minimum atomic E-state index is 0.202. The molecule has 1 aliphatic heterocycles. The smallest absolute Gasteiger partial charge is 0.0897 e. The van der Waals surface area contributed by atoms with Gasteiger partial charge in [-0.15, -0.1) is 0 Å². The van der Waals surface area contributed by atoms with Crippen molar-refractivity contribution in [1.29, 1.82) is 0 Å². The highest BCUT2D eigenvalue weighted by Gasteiger charge is 2.31. The zero-order chi connectivity index (χ0) is 11.5. The normalized spacial score (nSPS) is 27.2. The Balaban J connectivity index is 2.18. The summed E-state index contributed by atoms with van der Waals surface area (Å²) in [4.78, 5) is 2.34. The lowest BCUT2D eigenvalue weighted by atomic mass is 10.0. The van der Waals surface area contributed by atoms with Crippen molar-refractivity contribution in [3.05, 3.63) is 18.0 Å². The first-order chi connectivity index (χ1) is 7.72. The lowest BCUT2D eigenvalue weighted by Gasteiger charge is -2.38. The van der Waals surface area contributed by atoms with Crippen molar-refractivity contribution in [1.82, 2.24) is 20.0 Å². The van der Waals surface area contributed by atoms with Crippen molar-refractivity contribution in [3.63, 3.8) is 0 Å². The van der Waals surface area contributed by atoms with E-state index in [4.69, 9.17) is 4.74 Å². The van der Waals surface area contributed by atoms with Crippen molar-refractivity contribution < 1.29 is 4.74 Å². The van der Waals surface area contributed by atoms with Crippen LogP contribution in [0.5, 0.6) is 0 Å². The van der Waals surface area contributed by atoms with Crippen LogP contribution >= 0.6 is 0 Å². The third-order valence-corrected chi connectivity index (χ3v) is 3.07. The summed E-state index contributed by atoms with van der Waals surface area (Å²) in [5.41, 5.74) is 1.23. The fourth-order valence-electron chi connectivity index (χ4n) is 2.30. The maximum Gasteiger partial charge on any atom is 0.0897 e. The molecule has 5 heteroatoms. The molecule has 1 fully saturated rings. The third-order valence-electron chi connectivity index (χ3n) is 3.07. The number of hydrogen-bond donors (Lipinski definition) is 1. The summed E-state index contributed by atoms with van der Waals surface area (Å²) in [6.07, 6.45) is 4.20. The molecule has 0 saturated carbocycles. The predicted octanol–water partition coefficient (Wildman–Crippen LogP) is 0.0112. The van der Waals surface area contributed by atoms with E-state index in [0.29, 0.717) is 6.04 Å². The molecule has 1 aromatic rings. The number of nitrogens with one attached hydrogen (secondary N) is 1. The Morgan fingerprint density at radius 1 is 1.56 bits per heavy atom. The lowest BCUT2D eigenvalue weighted by molar-refractivity contribution is -0.0606. The first kappa shape index (κ1) is 11.6. The summed E-state index contributed by atoms with van der Waals surface area (Å²) >= 11 is 0. The van der Waals surface area contributed by atoms with E-state index in [1.807, 2.05) is 25.0 Å². The fourth-order valence-corrected chi connectivity index (χ4v) is 2.30. The molecule has 1 aliphatic rings. The lowest BCUT2D eigenvalue weighted by Crippen LogP contribution is -2.46. The van der Waals surface area contributed by atoms with Crippen LogP contribution in [-0.4, -0.2) is 54.6 Å². The van der Waals surface area contributed by atoms with E-state index in [2.05, 4.69) is 28.6 Å². The highest BCUT2D eigenvalue weighted by Crippen LogP contribution is 2.27. The summed E-state index contributed by atoms with van der Waals surface area (Å²) in [5.74, 6) is 0. The summed E-state index contributed by atoms with van der Waals surface area (Å²) in [5, 5.41) is 7.42. The van der Waals surface area contributed by atoms with E-state index >= 15 is 0 Å². The molecule has 1 N–H and O–H groups in total. The first-order valence-electron chi connectivity index (χ1n) is 5.67. The SMILES string of the molecule is CNCC1OCCN(C)C1c1cnn(C)c1. The van der Waals surface area contributed by atoms with Crippen LogP contribution in [0, 0.1) is 0 Å². The number of aryl methyl sites for hydroxylation is 1. The number of nitrogens with zero attached hydrogens (tertiary/aromatic N) is 3. The van der Waals surface area contributed by atoms with Gasteiger partial charge in [-0.1, -0.05) is 0 Å². The number of aromatic nitrogens is 2. The van der Waals surface area contributed by atoms with Gasteiger partial charge in [-0.3, -0.25) is 9.58 Å². The highest BCUT2D eigenvalue weighted by molar-refractivity contribution is 5.13. The standard InChI is InChI=1S/C11H20N4O/c1-12-7-10-11(14(2)4-5-16-10)9-6-13-15(3)8-9/h6,8,10-12H,4-5,7H2,1-3H3. The van der Waals surface area contributed by atoms with E-state index in [1.54, 1.807) is 0 Å². The van der Waals surface area contributed by atoms with Crippen LogP contribution < -0.4 is 5.32 Å². The molecule has 90 valence electrons. The zero-order valence-corrected chi connectivity index (χ0v) is 10.2. The molecule has 1 saturated heterocycles. The van der Waals surface area contributed by atoms with Crippen molar-refractivity contribution in [2.24, 2.45) is 7.05 Å². The second-order valence-corrected chi connectivity index (χ2v) is 4.34. The molecule has 2 unspecified atom stereocenters. The predicted molar refractivity (Wildman–Crippen MR) is 62.2 cm³/mol. The van der Waals surface area contributed by atoms with Crippen LogP contribution in [0.1, 0.15) is 11.6 Å². The van der Waals surface area contributed by atoms with Crippen LogP contribution in [-0.2, 0) is 11.8 Å².